The molecule has 0 saturated carbocycles. The number of anilines is 1. The summed E-state index contributed by atoms with van der Waals surface area (Å²) in [6, 6.07) is 21.2. The zero-order valence-corrected chi connectivity index (χ0v) is 15.9. The average molecular weight is 381 g/mol. The van der Waals surface area contributed by atoms with Gasteiger partial charge in [-0.2, -0.15) is 0 Å². The molecule has 138 valence electrons. The lowest BCUT2D eigenvalue weighted by atomic mass is 10.1. The summed E-state index contributed by atoms with van der Waals surface area (Å²) >= 11 is 5.96. The molecule has 0 unspecified atom stereocenters. The van der Waals surface area contributed by atoms with Crippen LogP contribution in [0, 0.1) is 0 Å². The molecule has 0 aliphatic heterocycles. The van der Waals surface area contributed by atoms with E-state index in [9.17, 15) is 4.79 Å². The van der Waals surface area contributed by atoms with E-state index in [4.69, 9.17) is 11.6 Å². The van der Waals surface area contributed by atoms with Crippen molar-refractivity contribution in [3.63, 3.8) is 0 Å². The first-order chi connectivity index (χ1) is 13.1. The highest BCUT2D eigenvalue weighted by atomic mass is 35.5. The average Bonchev–Trinajstić information content (AvgIpc) is 2.69. The van der Waals surface area contributed by atoms with Gasteiger partial charge in [0, 0.05) is 25.2 Å². The van der Waals surface area contributed by atoms with Crippen molar-refractivity contribution in [2.45, 2.75) is 13.0 Å². The molecule has 0 spiro atoms. The van der Waals surface area contributed by atoms with Crippen molar-refractivity contribution < 1.29 is 4.79 Å². The van der Waals surface area contributed by atoms with Gasteiger partial charge >= 0.3 is 0 Å². The largest absolute Gasteiger partial charge is 0.354 e. The summed E-state index contributed by atoms with van der Waals surface area (Å²) in [5, 5.41) is 11.8. The zero-order valence-electron chi connectivity index (χ0n) is 15.1. The Hall–Kier alpha value is -2.92. The lowest BCUT2D eigenvalue weighted by molar-refractivity contribution is 0.0948. The fraction of sp³-hybridized carbons (Fsp3) is 0.190. The first kappa shape index (κ1) is 18.9. The third-order valence-electron chi connectivity index (χ3n) is 4.13. The maximum Gasteiger partial charge on any atom is 0.271 e. The lowest BCUT2D eigenvalue weighted by Gasteiger charge is -2.17. The van der Waals surface area contributed by atoms with Crippen LogP contribution in [0.4, 0.5) is 5.82 Å². The first-order valence-electron chi connectivity index (χ1n) is 8.73. The van der Waals surface area contributed by atoms with Crippen LogP contribution in [-0.2, 0) is 13.0 Å². The second-order valence-corrected chi connectivity index (χ2v) is 6.69. The fourth-order valence-corrected chi connectivity index (χ4v) is 2.90. The van der Waals surface area contributed by atoms with Gasteiger partial charge in [-0.05, 0) is 41.8 Å². The molecule has 5 nitrogen and oxygen atoms in total. The van der Waals surface area contributed by atoms with Crippen molar-refractivity contribution in [3.8, 4) is 0 Å². The molecule has 6 heteroatoms. The smallest absolute Gasteiger partial charge is 0.271 e. The van der Waals surface area contributed by atoms with Gasteiger partial charge in [0.1, 0.15) is 0 Å². The van der Waals surface area contributed by atoms with Crippen LogP contribution in [0.3, 0.4) is 0 Å². The molecule has 0 aliphatic carbocycles. The molecule has 2 aromatic carbocycles. The number of carbonyl (C=O) groups excluding carboxylic acids is 1. The van der Waals surface area contributed by atoms with E-state index in [-0.39, 0.29) is 5.91 Å². The Balaban J connectivity index is 1.52. The standard InChI is InChI=1S/C21H21ClN4O/c1-26(15-17-6-3-2-4-7-17)20-11-10-19(24-25-20)21(27)23-13-12-16-8-5-9-18(22)14-16/h2-11,14H,12-13,15H2,1H3,(H,23,27). The van der Waals surface area contributed by atoms with Gasteiger partial charge in [0.2, 0.25) is 0 Å². The monoisotopic (exact) mass is 380 g/mol. The summed E-state index contributed by atoms with van der Waals surface area (Å²) in [6.07, 6.45) is 0.706. The Labute approximate surface area is 164 Å². The molecule has 3 aromatic rings. The number of hydrogen-bond donors (Lipinski definition) is 1. The molecule has 27 heavy (non-hydrogen) atoms. The quantitative estimate of drug-likeness (QED) is 0.678. The van der Waals surface area contributed by atoms with Crippen molar-refractivity contribution in [1.82, 2.24) is 15.5 Å². The SMILES string of the molecule is CN(Cc1ccccc1)c1ccc(C(=O)NCCc2cccc(Cl)c2)nn1. The molecular formula is C21H21ClN4O. The van der Waals surface area contributed by atoms with Gasteiger partial charge in [-0.15, -0.1) is 10.2 Å². The minimum atomic E-state index is -0.234. The third-order valence-corrected chi connectivity index (χ3v) is 4.36. The van der Waals surface area contributed by atoms with Gasteiger partial charge in [-0.25, -0.2) is 0 Å². The number of hydrogen-bond acceptors (Lipinski definition) is 4. The van der Waals surface area contributed by atoms with Crippen LogP contribution in [-0.4, -0.2) is 29.7 Å². The van der Waals surface area contributed by atoms with Crippen LogP contribution in [0.2, 0.25) is 5.02 Å². The molecule has 0 fully saturated rings. The van der Waals surface area contributed by atoms with E-state index in [1.165, 1.54) is 5.56 Å². The molecule has 1 N–H and O–H groups in total. The van der Waals surface area contributed by atoms with Gasteiger partial charge in [-0.1, -0.05) is 54.1 Å². The number of benzene rings is 2. The summed E-state index contributed by atoms with van der Waals surface area (Å²) in [7, 11) is 1.95. The molecule has 1 heterocycles. The van der Waals surface area contributed by atoms with Crippen LogP contribution in [0.1, 0.15) is 21.6 Å². The van der Waals surface area contributed by atoms with Gasteiger partial charge in [0.25, 0.3) is 5.91 Å². The summed E-state index contributed by atoms with van der Waals surface area (Å²) < 4.78 is 0. The van der Waals surface area contributed by atoms with Gasteiger partial charge < -0.3 is 10.2 Å². The molecule has 0 aliphatic rings. The minimum Gasteiger partial charge on any atom is -0.354 e. The molecule has 0 saturated heterocycles. The Morgan fingerprint density at radius 2 is 1.78 bits per heavy atom. The predicted octanol–water partition coefficient (Wildman–Crippen LogP) is 3.74. The van der Waals surface area contributed by atoms with Crippen molar-refractivity contribution in [2.24, 2.45) is 0 Å². The van der Waals surface area contributed by atoms with Crippen molar-refractivity contribution in [1.29, 1.82) is 0 Å². The van der Waals surface area contributed by atoms with E-state index in [0.717, 1.165) is 12.1 Å². The summed E-state index contributed by atoms with van der Waals surface area (Å²) in [5.41, 5.74) is 2.56. The van der Waals surface area contributed by atoms with E-state index in [2.05, 4.69) is 27.6 Å². The second kappa shape index (κ2) is 9.14. The van der Waals surface area contributed by atoms with E-state index in [1.54, 1.807) is 6.07 Å². The molecule has 0 bridgehead atoms. The number of carbonyl (C=O) groups is 1. The van der Waals surface area contributed by atoms with Crippen LogP contribution in [0.15, 0.2) is 66.7 Å². The highest BCUT2D eigenvalue weighted by Crippen LogP contribution is 2.12. The summed E-state index contributed by atoms with van der Waals surface area (Å²) in [4.78, 5) is 14.2. The van der Waals surface area contributed by atoms with Crippen molar-refractivity contribution in [2.75, 3.05) is 18.5 Å². The van der Waals surface area contributed by atoms with E-state index in [0.29, 0.717) is 29.5 Å². The maximum atomic E-state index is 12.2. The van der Waals surface area contributed by atoms with E-state index < -0.39 is 0 Å². The highest BCUT2D eigenvalue weighted by molar-refractivity contribution is 6.30. The first-order valence-corrected chi connectivity index (χ1v) is 9.11. The third kappa shape index (κ3) is 5.53. The fourth-order valence-electron chi connectivity index (χ4n) is 2.69. The van der Waals surface area contributed by atoms with E-state index >= 15 is 0 Å². The molecule has 1 aromatic heterocycles. The zero-order chi connectivity index (χ0) is 19.1. The molecule has 0 atom stereocenters. The molecule has 1 amide bonds. The molecule has 0 radical (unpaired) electrons. The maximum absolute atomic E-state index is 12.2. The van der Waals surface area contributed by atoms with Gasteiger partial charge in [0.15, 0.2) is 11.5 Å². The summed E-state index contributed by atoms with van der Waals surface area (Å²) in [5.74, 6) is 0.483. The number of aromatic nitrogens is 2. The Morgan fingerprint density at radius 1 is 1.00 bits per heavy atom. The number of halogens is 1. The second-order valence-electron chi connectivity index (χ2n) is 6.25. The number of rotatable bonds is 7. The summed E-state index contributed by atoms with van der Waals surface area (Å²) in [6.45, 7) is 1.23. The minimum absolute atomic E-state index is 0.234. The number of nitrogens with zero attached hydrogens (tertiary/aromatic N) is 3. The van der Waals surface area contributed by atoms with Gasteiger partial charge in [-0.3, -0.25) is 4.79 Å². The molecular weight excluding hydrogens is 360 g/mol. The predicted molar refractivity (Wildman–Crippen MR) is 108 cm³/mol. The van der Waals surface area contributed by atoms with Gasteiger partial charge in [0.05, 0.1) is 0 Å². The number of nitrogens with one attached hydrogen (secondary N) is 1. The van der Waals surface area contributed by atoms with Crippen LogP contribution in [0.25, 0.3) is 0 Å². The number of amides is 1. The Bertz CT molecular complexity index is 884. The van der Waals surface area contributed by atoms with Crippen LogP contribution >= 0.6 is 11.6 Å². The topological polar surface area (TPSA) is 58.1 Å². The van der Waals surface area contributed by atoms with Crippen molar-refractivity contribution >= 4 is 23.3 Å². The highest BCUT2D eigenvalue weighted by Gasteiger charge is 2.10. The van der Waals surface area contributed by atoms with E-state index in [1.807, 2.05) is 60.5 Å². The molecule has 3 rings (SSSR count). The normalized spacial score (nSPS) is 10.4. The van der Waals surface area contributed by atoms with Crippen LogP contribution < -0.4 is 10.2 Å². The lowest BCUT2D eigenvalue weighted by Crippen LogP contribution is -2.27. The Kier molecular flexibility index (Phi) is 6.39. The van der Waals surface area contributed by atoms with Crippen molar-refractivity contribution in [3.05, 3.63) is 88.6 Å². The van der Waals surface area contributed by atoms with Crippen LogP contribution in [0.5, 0.6) is 0 Å². The Morgan fingerprint density at radius 3 is 2.48 bits per heavy atom.